The molecular weight excluding hydrogens is 298 g/mol. The molecule has 0 aliphatic heterocycles. The van der Waals surface area contributed by atoms with Crippen LogP contribution in [-0.4, -0.2) is 34.5 Å². The van der Waals surface area contributed by atoms with Crippen LogP contribution in [0.5, 0.6) is 11.5 Å². The zero-order valence-corrected chi connectivity index (χ0v) is 12.0. The van der Waals surface area contributed by atoms with E-state index >= 15 is 0 Å². The first-order chi connectivity index (χ1) is 10.1. The molecule has 21 heavy (non-hydrogen) atoms. The number of hydrogen-bond donors (Lipinski definition) is 2. The molecule has 9 heteroatoms. The average Bonchev–Trinajstić information content (AvgIpc) is 2.96. The van der Waals surface area contributed by atoms with Crippen molar-refractivity contribution in [2.45, 2.75) is 6.54 Å². The van der Waals surface area contributed by atoms with Gasteiger partial charge >= 0.3 is 0 Å². The highest BCUT2D eigenvalue weighted by Gasteiger charge is 2.13. The lowest BCUT2D eigenvalue weighted by atomic mass is 10.2. The second-order valence-corrected chi connectivity index (χ2v) is 4.48. The van der Waals surface area contributed by atoms with E-state index in [0.717, 1.165) is 5.56 Å². The van der Waals surface area contributed by atoms with Gasteiger partial charge < -0.3 is 20.6 Å². The summed E-state index contributed by atoms with van der Waals surface area (Å²) in [5, 5.41) is 7.68. The van der Waals surface area contributed by atoms with Crippen molar-refractivity contribution in [3.8, 4) is 11.5 Å². The number of nitrogens with two attached hydrogens (primary N) is 1. The number of rotatable bonds is 7. The molecule has 112 valence electrons. The molecule has 0 aliphatic carbocycles. The van der Waals surface area contributed by atoms with Crippen molar-refractivity contribution in [2.75, 3.05) is 19.1 Å². The average molecular weight is 312 g/mol. The monoisotopic (exact) mass is 311 g/mol. The Hall–Kier alpha value is -2.48. The van der Waals surface area contributed by atoms with Gasteiger partial charge in [-0.25, -0.2) is 4.68 Å². The molecule has 1 aromatic heterocycles. The van der Waals surface area contributed by atoms with E-state index < -0.39 is 5.91 Å². The van der Waals surface area contributed by atoms with E-state index in [2.05, 4.69) is 15.6 Å². The van der Waals surface area contributed by atoms with Crippen LogP contribution in [0.15, 0.2) is 24.8 Å². The third-order valence-corrected chi connectivity index (χ3v) is 2.81. The first kappa shape index (κ1) is 14.9. The van der Waals surface area contributed by atoms with Crippen molar-refractivity contribution in [2.24, 2.45) is 5.73 Å². The summed E-state index contributed by atoms with van der Waals surface area (Å²) < 4.78 is 12.1. The van der Waals surface area contributed by atoms with Gasteiger partial charge in [0, 0.05) is 0 Å². The van der Waals surface area contributed by atoms with Crippen molar-refractivity contribution in [3.05, 3.63) is 35.4 Å². The fraction of sp³-hybridized carbons (Fsp3) is 0.250. The molecule has 0 bridgehead atoms. The first-order valence-electron chi connectivity index (χ1n) is 5.96. The molecule has 0 aliphatic rings. The van der Waals surface area contributed by atoms with Gasteiger partial charge in [0.1, 0.15) is 12.7 Å². The smallest absolute Gasteiger partial charge is 0.255 e. The normalized spacial score (nSPS) is 10.2. The van der Waals surface area contributed by atoms with Crippen LogP contribution in [0, 0.1) is 0 Å². The Morgan fingerprint density at radius 2 is 2.14 bits per heavy atom. The number of hydrogen-bond acceptors (Lipinski definition) is 6. The van der Waals surface area contributed by atoms with E-state index in [4.69, 9.17) is 26.8 Å². The number of amides is 1. The van der Waals surface area contributed by atoms with E-state index in [1.54, 1.807) is 16.8 Å². The van der Waals surface area contributed by atoms with Crippen LogP contribution in [0.4, 0.5) is 0 Å². The van der Waals surface area contributed by atoms with Crippen LogP contribution >= 0.6 is 11.6 Å². The van der Waals surface area contributed by atoms with Gasteiger partial charge in [-0.3, -0.25) is 4.79 Å². The molecule has 2 aromatic rings. The molecule has 0 saturated carbocycles. The molecule has 8 nitrogen and oxygen atoms in total. The van der Waals surface area contributed by atoms with Crippen LogP contribution in [0.1, 0.15) is 5.56 Å². The second-order valence-electron chi connectivity index (χ2n) is 4.07. The summed E-state index contributed by atoms with van der Waals surface area (Å²) in [6, 6.07) is 3.46. The number of nitrogens with zero attached hydrogens (tertiary/aromatic N) is 3. The third kappa shape index (κ3) is 3.99. The van der Waals surface area contributed by atoms with E-state index in [1.807, 2.05) is 0 Å². The molecule has 3 N–H and O–H groups in total. The number of ether oxygens (including phenoxy) is 2. The molecule has 0 spiro atoms. The SMILES string of the molecule is COc1cc(CNn2cnnc2)cc(Cl)c1OCC(N)=O. The highest BCUT2D eigenvalue weighted by atomic mass is 35.5. The van der Waals surface area contributed by atoms with E-state index in [1.165, 1.54) is 19.8 Å². The maximum atomic E-state index is 10.8. The summed E-state index contributed by atoms with van der Waals surface area (Å²) in [7, 11) is 1.49. The third-order valence-electron chi connectivity index (χ3n) is 2.53. The fourth-order valence-electron chi connectivity index (χ4n) is 1.62. The predicted octanol–water partition coefficient (Wildman–Crippen LogP) is 0.548. The Labute approximate surface area is 125 Å². The number of halogens is 1. The number of carbonyl (C=O) groups is 1. The van der Waals surface area contributed by atoms with Gasteiger partial charge in [0.2, 0.25) is 0 Å². The fourth-order valence-corrected chi connectivity index (χ4v) is 1.91. The number of benzene rings is 1. The van der Waals surface area contributed by atoms with Crippen molar-refractivity contribution in [1.82, 2.24) is 14.9 Å². The summed E-state index contributed by atoms with van der Waals surface area (Å²) in [6.45, 7) is 0.207. The van der Waals surface area contributed by atoms with Gasteiger partial charge in [0.15, 0.2) is 18.1 Å². The Morgan fingerprint density at radius 3 is 2.76 bits per heavy atom. The van der Waals surface area contributed by atoms with Crippen LogP contribution in [-0.2, 0) is 11.3 Å². The van der Waals surface area contributed by atoms with Crippen LogP contribution in [0.3, 0.4) is 0 Å². The van der Waals surface area contributed by atoms with Crippen LogP contribution < -0.4 is 20.6 Å². The highest BCUT2D eigenvalue weighted by Crippen LogP contribution is 2.36. The molecule has 2 rings (SSSR count). The van der Waals surface area contributed by atoms with Gasteiger partial charge in [0.05, 0.1) is 18.7 Å². The predicted molar refractivity (Wildman–Crippen MR) is 75.8 cm³/mol. The molecule has 1 heterocycles. The minimum atomic E-state index is -0.591. The summed E-state index contributed by atoms with van der Waals surface area (Å²) in [4.78, 5) is 10.8. The Balaban J connectivity index is 2.13. The maximum absolute atomic E-state index is 10.8. The zero-order chi connectivity index (χ0) is 15.2. The summed E-state index contributed by atoms with van der Waals surface area (Å²) >= 11 is 6.14. The lowest BCUT2D eigenvalue weighted by molar-refractivity contribution is -0.119. The highest BCUT2D eigenvalue weighted by molar-refractivity contribution is 6.32. The molecular formula is C12H14ClN5O3. The Kier molecular flexibility index (Phi) is 4.83. The van der Waals surface area contributed by atoms with E-state index in [0.29, 0.717) is 17.3 Å². The molecule has 0 radical (unpaired) electrons. The maximum Gasteiger partial charge on any atom is 0.255 e. The van der Waals surface area contributed by atoms with Gasteiger partial charge in [-0.15, -0.1) is 10.2 Å². The van der Waals surface area contributed by atoms with Crippen molar-refractivity contribution >= 4 is 17.5 Å². The summed E-state index contributed by atoms with van der Waals surface area (Å²) in [5.74, 6) is 0.113. The lowest BCUT2D eigenvalue weighted by Crippen LogP contribution is -2.20. The van der Waals surface area contributed by atoms with E-state index in [9.17, 15) is 4.79 Å². The largest absolute Gasteiger partial charge is 0.493 e. The number of nitrogens with one attached hydrogen (secondary N) is 1. The lowest BCUT2D eigenvalue weighted by Gasteiger charge is -2.14. The molecule has 0 atom stereocenters. The van der Waals surface area contributed by atoms with Crippen LogP contribution in [0.2, 0.25) is 5.02 Å². The molecule has 1 aromatic carbocycles. The summed E-state index contributed by atoms with van der Waals surface area (Å²) in [5.41, 5.74) is 8.95. The minimum Gasteiger partial charge on any atom is -0.493 e. The van der Waals surface area contributed by atoms with E-state index in [-0.39, 0.29) is 12.4 Å². The van der Waals surface area contributed by atoms with Crippen molar-refractivity contribution < 1.29 is 14.3 Å². The second kappa shape index (κ2) is 6.80. The molecule has 1 amide bonds. The minimum absolute atomic E-state index is 0.269. The first-order valence-corrected chi connectivity index (χ1v) is 6.34. The zero-order valence-electron chi connectivity index (χ0n) is 11.2. The Bertz CT molecular complexity index is 618. The number of primary amides is 1. The van der Waals surface area contributed by atoms with Gasteiger partial charge in [-0.2, -0.15) is 0 Å². The standard InChI is InChI=1S/C12H14ClN5O3/c1-20-10-3-8(4-17-18-6-15-16-7-18)2-9(13)12(10)21-5-11(14)19/h2-3,6-7,17H,4-5H2,1H3,(H2,14,19). The van der Waals surface area contributed by atoms with Gasteiger partial charge in [0.25, 0.3) is 5.91 Å². The molecule has 0 fully saturated rings. The van der Waals surface area contributed by atoms with Gasteiger partial charge in [-0.1, -0.05) is 11.6 Å². The molecule has 0 saturated heterocycles. The molecule has 0 unspecified atom stereocenters. The van der Waals surface area contributed by atoms with Crippen LogP contribution in [0.25, 0.3) is 0 Å². The summed E-state index contributed by atoms with van der Waals surface area (Å²) in [6.07, 6.45) is 3.06. The Morgan fingerprint density at radius 1 is 1.43 bits per heavy atom. The van der Waals surface area contributed by atoms with Gasteiger partial charge in [-0.05, 0) is 17.7 Å². The number of aromatic nitrogens is 3. The van der Waals surface area contributed by atoms with Crippen molar-refractivity contribution in [1.29, 1.82) is 0 Å². The number of methoxy groups -OCH3 is 1. The number of carbonyl (C=O) groups excluding carboxylic acids is 1. The van der Waals surface area contributed by atoms with Crippen molar-refractivity contribution in [3.63, 3.8) is 0 Å². The quantitative estimate of drug-likeness (QED) is 0.773. The topological polar surface area (TPSA) is 104 Å².